The maximum atomic E-state index is 5.26. The summed E-state index contributed by atoms with van der Waals surface area (Å²) in [7, 11) is 1.64. The van der Waals surface area contributed by atoms with E-state index in [2.05, 4.69) is 32.9 Å². The second-order valence-electron chi connectivity index (χ2n) is 5.78. The Labute approximate surface area is 157 Å². The average molecular weight is 375 g/mol. The molecule has 0 radical (unpaired) electrons. The van der Waals surface area contributed by atoms with E-state index >= 15 is 0 Å². The van der Waals surface area contributed by atoms with Crippen molar-refractivity contribution in [1.29, 1.82) is 0 Å². The summed E-state index contributed by atoms with van der Waals surface area (Å²) in [6.45, 7) is 2.31. The Morgan fingerprint density at radius 1 is 1.24 bits per heavy atom. The van der Waals surface area contributed by atoms with Crippen LogP contribution < -0.4 is 20.4 Å². The van der Waals surface area contributed by atoms with Crippen molar-refractivity contribution in [1.82, 2.24) is 5.43 Å². The Balaban J connectivity index is 1.50. The third kappa shape index (κ3) is 5.17. The first-order valence-corrected chi connectivity index (χ1v) is 9.56. The van der Waals surface area contributed by atoms with E-state index in [1.807, 2.05) is 24.3 Å². The lowest BCUT2D eigenvalue weighted by Gasteiger charge is -2.27. The van der Waals surface area contributed by atoms with Gasteiger partial charge in [-0.1, -0.05) is 6.07 Å². The number of hydrogen-bond acceptors (Lipinski definition) is 5. The van der Waals surface area contributed by atoms with Gasteiger partial charge in [0, 0.05) is 29.7 Å². The van der Waals surface area contributed by atoms with Crippen molar-refractivity contribution in [3.8, 4) is 5.75 Å². The predicted octanol–water partition coefficient (Wildman–Crippen LogP) is 4.07. The number of methoxy groups -OCH3 is 1. The van der Waals surface area contributed by atoms with Gasteiger partial charge < -0.3 is 15.0 Å². The molecule has 0 spiro atoms. The normalized spacial score (nSPS) is 14.5. The standard InChI is InChI=1S/C18H22N4OS2/c1-23-15-7-5-6-14(12-15)20-18(24)21-19-13-16-8-9-17(25-16)22-10-3-2-4-11-22/h5-9,12-13H,2-4,10-11H2,1H3,(H2,20,21,24)/b19-13-. The summed E-state index contributed by atoms with van der Waals surface area (Å²) in [5, 5.41) is 9.06. The molecule has 2 heterocycles. The van der Waals surface area contributed by atoms with E-state index in [1.165, 1.54) is 24.3 Å². The van der Waals surface area contributed by atoms with Crippen LogP contribution in [-0.4, -0.2) is 31.5 Å². The second-order valence-corrected chi connectivity index (χ2v) is 7.28. The van der Waals surface area contributed by atoms with E-state index in [9.17, 15) is 0 Å². The molecular formula is C18H22N4OS2. The number of hydrazone groups is 1. The van der Waals surface area contributed by atoms with E-state index in [0.29, 0.717) is 5.11 Å². The maximum Gasteiger partial charge on any atom is 0.191 e. The smallest absolute Gasteiger partial charge is 0.191 e. The van der Waals surface area contributed by atoms with Gasteiger partial charge in [-0.25, -0.2) is 0 Å². The minimum Gasteiger partial charge on any atom is -0.497 e. The highest BCUT2D eigenvalue weighted by molar-refractivity contribution is 7.80. The van der Waals surface area contributed by atoms with E-state index in [4.69, 9.17) is 17.0 Å². The number of benzene rings is 1. The molecule has 1 aromatic carbocycles. The molecule has 25 heavy (non-hydrogen) atoms. The highest BCUT2D eigenvalue weighted by Gasteiger charge is 2.12. The lowest BCUT2D eigenvalue weighted by Crippen LogP contribution is -2.28. The Morgan fingerprint density at radius 2 is 2.08 bits per heavy atom. The van der Waals surface area contributed by atoms with Crippen molar-refractivity contribution in [2.75, 3.05) is 30.4 Å². The first kappa shape index (κ1) is 17.7. The molecule has 0 atom stereocenters. The van der Waals surface area contributed by atoms with E-state index in [-0.39, 0.29) is 0 Å². The summed E-state index contributed by atoms with van der Waals surface area (Å²) in [6.07, 6.45) is 5.72. The van der Waals surface area contributed by atoms with Crippen molar-refractivity contribution in [2.24, 2.45) is 5.10 Å². The van der Waals surface area contributed by atoms with Gasteiger partial charge in [-0.2, -0.15) is 5.10 Å². The number of thiophene rings is 1. The molecule has 1 aliphatic rings. The van der Waals surface area contributed by atoms with Crippen LogP contribution in [-0.2, 0) is 0 Å². The summed E-state index contributed by atoms with van der Waals surface area (Å²) in [4.78, 5) is 3.56. The van der Waals surface area contributed by atoms with Crippen LogP contribution in [0.1, 0.15) is 24.1 Å². The van der Waals surface area contributed by atoms with Crippen LogP contribution in [0.3, 0.4) is 0 Å². The average Bonchev–Trinajstić information content (AvgIpc) is 3.11. The fraction of sp³-hybridized carbons (Fsp3) is 0.333. The predicted molar refractivity (Wildman–Crippen MR) is 110 cm³/mol. The molecule has 3 rings (SSSR count). The zero-order valence-corrected chi connectivity index (χ0v) is 15.8. The van der Waals surface area contributed by atoms with Crippen molar-refractivity contribution in [3.05, 3.63) is 41.3 Å². The zero-order valence-electron chi connectivity index (χ0n) is 14.2. The van der Waals surface area contributed by atoms with Crippen LogP contribution in [0.25, 0.3) is 0 Å². The number of nitrogens with zero attached hydrogens (tertiary/aromatic N) is 2. The topological polar surface area (TPSA) is 48.9 Å². The molecule has 1 fully saturated rings. The first-order chi connectivity index (χ1) is 12.2. The summed E-state index contributed by atoms with van der Waals surface area (Å²) in [6, 6.07) is 11.9. The molecule has 7 heteroatoms. The summed E-state index contributed by atoms with van der Waals surface area (Å²) < 4.78 is 5.19. The van der Waals surface area contributed by atoms with Gasteiger partial charge in [0.2, 0.25) is 0 Å². The Morgan fingerprint density at radius 3 is 2.88 bits per heavy atom. The monoisotopic (exact) mass is 374 g/mol. The molecule has 0 bridgehead atoms. The molecule has 1 aliphatic heterocycles. The largest absolute Gasteiger partial charge is 0.497 e. The van der Waals surface area contributed by atoms with Gasteiger partial charge in [0.1, 0.15) is 5.75 Å². The van der Waals surface area contributed by atoms with E-state index in [0.717, 1.165) is 29.4 Å². The minimum absolute atomic E-state index is 0.442. The van der Waals surface area contributed by atoms with Crippen molar-refractivity contribution < 1.29 is 4.74 Å². The Bertz CT molecular complexity index is 738. The summed E-state index contributed by atoms with van der Waals surface area (Å²) in [5.41, 5.74) is 3.70. The van der Waals surface area contributed by atoms with Crippen LogP contribution in [0.5, 0.6) is 5.75 Å². The van der Waals surface area contributed by atoms with Crippen LogP contribution in [0, 0.1) is 0 Å². The second kappa shape index (κ2) is 8.82. The van der Waals surface area contributed by atoms with Gasteiger partial charge >= 0.3 is 0 Å². The molecule has 1 saturated heterocycles. The van der Waals surface area contributed by atoms with Crippen molar-refractivity contribution in [3.63, 3.8) is 0 Å². The van der Waals surface area contributed by atoms with E-state index in [1.54, 1.807) is 24.7 Å². The number of ether oxygens (including phenoxy) is 1. The van der Waals surface area contributed by atoms with Gasteiger partial charge in [-0.3, -0.25) is 5.43 Å². The molecular weight excluding hydrogens is 352 g/mol. The minimum atomic E-state index is 0.442. The highest BCUT2D eigenvalue weighted by Crippen LogP contribution is 2.27. The fourth-order valence-corrected chi connectivity index (χ4v) is 3.81. The van der Waals surface area contributed by atoms with Gasteiger partial charge in [0.15, 0.2) is 5.11 Å². The highest BCUT2D eigenvalue weighted by atomic mass is 32.1. The van der Waals surface area contributed by atoms with Gasteiger partial charge in [-0.05, 0) is 55.7 Å². The van der Waals surface area contributed by atoms with Crippen molar-refractivity contribution in [2.45, 2.75) is 19.3 Å². The molecule has 0 aliphatic carbocycles. The number of rotatable bonds is 5. The number of piperidine rings is 1. The maximum absolute atomic E-state index is 5.26. The molecule has 0 unspecified atom stereocenters. The Hall–Kier alpha value is -2.12. The number of anilines is 2. The fourth-order valence-electron chi connectivity index (χ4n) is 2.71. The van der Waals surface area contributed by atoms with Crippen LogP contribution in [0.15, 0.2) is 41.5 Å². The van der Waals surface area contributed by atoms with Gasteiger partial charge in [-0.15, -0.1) is 11.3 Å². The number of hydrogen-bond donors (Lipinski definition) is 2. The number of nitrogens with one attached hydrogen (secondary N) is 2. The molecule has 0 amide bonds. The molecule has 0 saturated carbocycles. The zero-order chi connectivity index (χ0) is 17.5. The van der Waals surface area contributed by atoms with Crippen LogP contribution >= 0.6 is 23.6 Å². The van der Waals surface area contributed by atoms with Crippen molar-refractivity contribution >= 4 is 45.6 Å². The third-order valence-electron chi connectivity index (χ3n) is 3.97. The Kier molecular flexibility index (Phi) is 6.25. The quantitative estimate of drug-likeness (QED) is 0.469. The summed E-state index contributed by atoms with van der Waals surface area (Å²) >= 11 is 7.01. The van der Waals surface area contributed by atoms with Gasteiger partial charge in [0.05, 0.1) is 18.3 Å². The lowest BCUT2D eigenvalue weighted by atomic mass is 10.1. The molecule has 132 valence electrons. The van der Waals surface area contributed by atoms with Crippen LogP contribution in [0.2, 0.25) is 0 Å². The van der Waals surface area contributed by atoms with E-state index < -0.39 is 0 Å². The lowest BCUT2D eigenvalue weighted by molar-refractivity contribution is 0.415. The summed E-state index contributed by atoms with van der Waals surface area (Å²) in [5.74, 6) is 0.778. The number of thiocarbonyl (C=S) groups is 1. The molecule has 1 aromatic heterocycles. The van der Waals surface area contributed by atoms with Gasteiger partial charge in [0.25, 0.3) is 0 Å². The SMILES string of the molecule is COc1cccc(NC(=S)N/N=C\c2ccc(N3CCCCC3)s2)c1. The molecule has 2 aromatic rings. The van der Waals surface area contributed by atoms with Crippen LogP contribution in [0.4, 0.5) is 10.7 Å². The first-order valence-electron chi connectivity index (χ1n) is 8.33. The molecule has 2 N–H and O–H groups in total. The molecule has 5 nitrogen and oxygen atoms in total. The third-order valence-corrected chi connectivity index (χ3v) is 5.24.